The highest BCUT2D eigenvalue weighted by Gasteiger charge is 2.25. The minimum Gasteiger partial charge on any atom is -0.497 e. The Hall–Kier alpha value is -3.32. The molecule has 3 rings (SSSR count). The van der Waals surface area contributed by atoms with Crippen LogP contribution in [0, 0.1) is 20.8 Å². The first-order valence-corrected chi connectivity index (χ1v) is 10.5. The van der Waals surface area contributed by atoms with Gasteiger partial charge in [-0.2, -0.15) is 0 Å². The zero-order valence-corrected chi connectivity index (χ0v) is 19.0. The molecule has 3 aromatic rings. The fourth-order valence-electron chi connectivity index (χ4n) is 3.18. The lowest BCUT2D eigenvalue weighted by atomic mass is 9.97. The van der Waals surface area contributed by atoms with Crippen molar-refractivity contribution < 1.29 is 23.8 Å². The molecule has 1 N–H and O–H groups in total. The molecule has 1 amide bonds. The fraction of sp³-hybridized carbons (Fsp3) is 0.250. The molecule has 162 valence electrons. The summed E-state index contributed by atoms with van der Waals surface area (Å²) in [7, 11) is 2.89. The van der Waals surface area contributed by atoms with E-state index in [9.17, 15) is 9.59 Å². The SMILES string of the molecule is COC(=O)c1c(NC(=O)COc2cccc(OC)c2)sc(C)c1-c1ccc(C)c(C)c1. The molecular weight excluding hydrogens is 414 g/mol. The Bertz CT molecular complexity index is 1120. The van der Waals surface area contributed by atoms with Gasteiger partial charge in [0.25, 0.3) is 5.91 Å². The summed E-state index contributed by atoms with van der Waals surface area (Å²) in [6.07, 6.45) is 0. The number of benzene rings is 2. The van der Waals surface area contributed by atoms with Crippen molar-refractivity contribution in [2.75, 3.05) is 26.1 Å². The predicted molar refractivity (Wildman–Crippen MR) is 122 cm³/mol. The molecule has 0 spiro atoms. The molecule has 0 aliphatic rings. The van der Waals surface area contributed by atoms with Gasteiger partial charge in [0, 0.05) is 16.5 Å². The largest absolute Gasteiger partial charge is 0.497 e. The number of methoxy groups -OCH3 is 2. The average Bonchev–Trinajstić information content (AvgIpc) is 3.09. The Morgan fingerprint density at radius 1 is 0.968 bits per heavy atom. The van der Waals surface area contributed by atoms with Gasteiger partial charge in [0.1, 0.15) is 22.1 Å². The highest BCUT2D eigenvalue weighted by molar-refractivity contribution is 7.17. The Labute approximate surface area is 185 Å². The number of carbonyl (C=O) groups excluding carboxylic acids is 2. The molecule has 1 heterocycles. The number of hydrogen-bond donors (Lipinski definition) is 1. The Balaban J connectivity index is 1.86. The molecule has 0 bridgehead atoms. The normalized spacial score (nSPS) is 10.5. The van der Waals surface area contributed by atoms with Gasteiger partial charge in [0.2, 0.25) is 0 Å². The van der Waals surface area contributed by atoms with E-state index in [0.717, 1.165) is 21.6 Å². The first-order chi connectivity index (χ1) is 14.8. The van der Waals surface area contributed by atoms with E-state index in [2.05, 4.69) is 5.32 Å². The van der Waals surface area contributed by atoms with Crippen LogP contribution < -0.4 is 14.8 Å². The summed E-state index contributed by atoms with van der Waals surface area (Å²) in [6, 6.07) is 13.0. The molecule has 6 nitrogen and oxygen atoms in total. The van der Waals surface area contributed by atoms with Gasteiger partial charge >= 0.3 is 5.97 Å². The van der Waals surface area contributed by atoms with Crippen LogP contribution in [0.25, 0.3) is 11.1 Å². The second-order valence-electron chi connectivity index (χ2n) is 7.04. The monoisotopic (exact) mass is 439 g/mol. The zero-order chi connectivity index (χ0) is 22.5. The van der Waals surface area contributed by atoms with E-state index in [-0.39, 0.29) is 12.5 Å². The molecule has 0 radical (unpaired) electrons. The molecule has 0 atom stereocenters. The minimum atomic E-state index is -0.499. The van der Waals surface area contributed by atoms with Crippen LogP contribution in [-0.2, 0) is 9.53 Å². The number of rotatable bonds is 7. The number of thiophene rings is 1. The number of amides is 1. The summed E-state index contributed by atoms with van der Waals surface area (Å²) < 4.78 is 15.7. The lowest BCUT2D eigenvalue weighted by Crippen LogP contribution is -2.21. The van der Waals surface area contributed by atoms with Gasteiger partial charge in [0.05, 0.1) is 14.2 Å². The molecule has 0 unspecified atom stereocenters. The van der Waals surface area contributed by atoms with Crippen LogP contribution in [0.3, 0.4) is 0 Å². The van der Waals surface area contributed by atoms with Crippen LogP contribution in [0.2, 0.25) is 0 Å². The van der Waals surface area contributed by atoms with E-state index in [1.165, 1.54) is 24.0 Å². The van der Waals surface area contributed by atoms with E-state index in [1.54, 1.807) is 31.4 Å². The van der Waals surface area contributed by atoms with Gasteiger partial charge in [-0.15, -0.1) is 11.3 Å². The molecule has 0 fully saturated rings. The Kier molecular flexibility index (Phi) is 6.97. The smallest absolute Gasteiger partial charge is 0.341 e. The summed E-state index contributed by atoms with van der Waals surface area (Å²) in [4.78, 5) is 26.1. The quantitative estimate of drug-likeness (QED) is 0.515. The number of ether oxygens (including phenoxy) is 3. The third-order valence-electron chi connectivity index (χ3n) is 4.93. The van der Waals surface area contributed by atoms with Crippen molar-refractivity contribution in [3.05, 3.63) is 64.0 Å². The van der Waals surface area contributed by atoms with Crippen molar-refractivity contribution in [3.8, 4) is 22.6 Å². The molecule has 1 aromatic heterocycles. The van der Waals surface area contributed by atoms with Crippen LogP contribution in [0.4, 0.5) is 5.00 Å². The van der Waals surface area contributed by atoms with Gasteiger partial charge in [-0.25, -0.2) is 4.79 Å². The van der Waals surface area contributed by atoms with Crippen LogP contribution in [0.1, 0.15) is 26.4 Å². The van der Waals surface area contributed by atoms with Gasteiger partial charge in [-0.3, -0.25) is 4.79 Å². The number of anilines is 1. The van der Waals surface area contributed by atoms with Gasteiger partial charge < -0.3 is 19.5 Å². The van der Waals surface area contributed by atoms with Gasteiger partial charge in [0.15, 0.2) is 6.61 Å². The van der Waals surface area contributed by atoms with Crippen LogP contribution in [-0.4, -0.2) is 32.7 Å². The maximum Gasteiger partial charge on any atom is 0.341 e. The maximum atomic E-state index is 12.6. The number of aryl methyl sites for hydroxylation is 3. The topological polar surface area (TPSA) is 73.9 Å². The fourth-order valence-corrected chi connectivity index (χ4v) is 4.26. The van der Waals surface area contributed by atoms with E-state index >= 15 is 0 Å². The summed E-state index contributed by atoms with van der Waals surface area (Å²) in [5.41, 5.74) is 4.31. The van der Waals surface area contributed by atoms with Crippen LogP contribution in [0.5, 0.6) is 11.5 Å². The first-order valence-electron chi connectivity index (χ1n) is 9.70. The second kappa shape index (κ2) is 9.66. The van der Waals surface area contributed by atoms with Crippen molar-refractivity contribution in [2.24, 2.45) is 0 Å². The number of hydrogen-bond acceptors (Lipinski definition) is 6. The second-order valence-corrected chi connectivity index (χ2v) is 8.27. The number of esters is 1. The third-order valence-corrected chi connectivity index (χ3v) is 5.95. The average molecular weight is 440 g/mol. The lowest BCUT2D eigenvalue weighted by Gasteiger charge is -2.10. The lowest BCUT2D eigenvalue weighted by molar-refractivity contribution is -0.118. The molecule has 2 aromatic carbocycles. The van der Waals surface area contributed by atoms with E-state index < -0.39 is 5.97 Å². The standard InChI is InChI=1S/C24H25NO5S/c1-14-9-10-17(11-15(14)2)21-16(3)31-23(22(21)24(27)29-5)25-20(26)13-30-19-8-6-7-18(12-19)28-4/h6-12H,13H2,1-5H3,(H,25,26). The third kappa shape index (κ3) is 5.06. The summed E-state index contributed by atoms with van der Waals surface area (Å²) >= 11 is 1.34. The summed E-state index contributed by atoms with van der Waals surface area (Å²) in [5, 5.41) is 3.25. The van der Waals surface area contributed by atoms with Crippen molar-refractivity contribution in [3.63, 3.8) is 0 Å². The molecule has 0 aliphatic carbocycles. The molecule has 0 saturated carbocycles. The molecule has 31 heavy (non-hydrogen) atoms. The van der Waals surface area contributed by atoms with Crippen molar-refractivity contribution >= 4 is 28.2 Å². The van der Waals surface area contributed by atoms with Gasteiger partial charge in [-0.05, 0) is 49.6 Å². The van der Waals surface area contributed by atoms with E-state index in [0.29, 0.717) is 22.1 Å². The minimum absolute atomic E-state index is 0.205. The highest BCUT2D eigenvalue weighted by atomic mass is 32.1. The molecule has 0 aliphatic heterocycles. The zero-order valence-electron chi connectivity index (χ0n) is 18.2. The van der Waals surface area contributed by atoms with Crippen LogP contribution in [0.15, 0.2) is 42.5 Å². The van der Waals surface area contributed by atoms with E-state index in [4.69, 9.17) is 14.2 Å². The molecular formula is C24H25NO5S. The number of carbonyl (C=O) groups is 2. The van der Waals surface area contributed by atoms with Crippen molar-refractivity contribution in [1.82, 2.24) is 0 Å². The highest BCUT2D eigenvalue weighted by Crippen LogP contribution is 2.40. The van der Waals surface area contributed by atoms with Crippen LogP contribution >= 0.6 is 11.3 Å². The Morgan fingerprint density at radius 2 is 1.71 bits per heavy atom. The van der Waals surface area contributed by atoms with Gasteiger partial charge in [-0.1, -0.05) is 24.3 Å². The molecule has 7 heteroatoms. The van der Waals surface area contributed by atoms with E-state index in [1.807, 2.05) is 39.0 Å². The predicted octanol–water partition coefficient (Wildman–Crippen LogP) is 5.15. The maximum absolute atomic E-state index is 12.6. The van der Waals surface area contributed by atoms with Crippen molar-refractivity contribution in [2.45, 2.75) is 20.8 Å². The van der Waals surface area contributed by atoms with Crippen molar-refractivity contribution in [1.29, 1.82) is 0 Å². The molecule has 0 saturated heterocycles. The Morgan fingerprint density at radius 3 is 2.39 bits per heavy atom. The first kappa shape index (κ1) is 22.4. The number of nitrogens with one attached hydrogen (secondary N) is 1. The summed E-state index contributed by atoms with van der Waals surface area (Å²) in [5.74, 6) is 0.279. The summed E-state index contributed by atoms with van der Waals surface area (Å²) in [6.45, 7) is 5.78.